The smallest absolute Gasteiger partial charge is 0.0770 e. The summed E-state index contributed by atoms with van der Waals surface area (Å²) in [5, 5.41) is 4.67. The molecule has 61 heavy (non-hydrogen) atoms. The fraction of sp³-hybridized carbons (Fsp3) is 0.0741. The SMILES string of the molecule is Cc1cc(C)c(N2[CH-]N(c3[c-]c(-n4c5[c-]c(-c6nc7ccccc7n6C)ccc5c5ccc6c(c7ccccc7n6-c6ccccc6)c54)ccc3)c3ccccc32)c(C)c1.[Pt]. The van der Waals surface area contributed by atoms with Crippen molar-refractivity contribution in [2.24, 2.45) is 7.05 Å². The van der Waals surface area contributed by atoms with Crippen LogP contribution in [-0.2, 0) is 28.1 Å². The van der Waals surface area contributed by atoms with Crippen molar-refractivity contribution in [3.63, 3.8) is 0 Å². The number of aromatic nitrogens is 4. The maximum Gasteiger partial charge on any atom is 0.0770 e. The zero-order chi connectivity index (χ0) is 40.2. The fourth-order valence-corrected chi connectivity index (χ4v) is 9.84. The summed E-state index contributed by atoms with van der Waals surface area (Å²) in [7, 11) is 2.09. The van der Waals surface area contributed by atoms with Crippen LogP contribution < -0.4 is 9.80 Å². The number of rotatable bonds is 5. The Morgan fingerprint density at radius 3 is 2.00 bits per heavy atom. The molecule has 11 aromatic rings. The van der Waals surface area contributed by atoms with Crippen LogP contribution in [0.15, 0.2) is 158 Å². The zero-order valence-corrected chi connectivity index (χ0v) is 36.4. The van der Waals surface area contributed by atoms with Gasteiger partial charge in [0.1, 0.15) is 0 Å². The average Bonchev–Trinajstić information content (AvgIpc) is 4.01. The van der Waals surface area contributed by atoms with Gasteiger partial charge in [0.05, 0.1) is 33.4 Å². The number of anilines is 4. The Morgan fingerprint density at radius 1 is 0.541 bits per heavy atom. The third-order valence-electron chi connectivity index (χ3n) is 12.3. The van der Waals surface area contributed by atoms with E-state index >= 15 is 0 Å². The summed E-state index contributed by atoms with van der Waals surface area (Å²) >= 11 is 0. The largest absolute Gasteiger partial charge is 0.493 e. The molecular formula is C54H39N6Pt-3. The zero-order valence-electron chi connectivity index (χ0n) is 34.1. The van der Waals surface area contributed by atoms with Crippen LogP contribution in [0.3, 0.4) is 0 Å². The topological polar surface area (TPSA) is 34.2 Å². The van der Waals surface area contributed by atoms with Crippen LogP contribution in [0.2, 0.25) is 0 Å². The molecule has 0 saturated heterocycles. The Labute approximate surface area is 368 Å². The third kappa shape index (κ3) is 5.55. The van der Waals surface area contributed by atoms with Gasteiger partial charge in [0.15, 0.2) is 0 Å². The van der Waals surface area contributed by atoms with Crippen LogP contribution in [0.25, 0.3) is 77.4 Å². The van der Waals surface area contributed by atoms with Crippen molar-refractivity contribution in [3.05, 3.63) is 193 Å². The Morgan fingerprint density at radius 2 is 1.21 bits per heavy atom. The van der Waals surface area contributed by atoms with Gasteiger partial charge in [-0.05, 0) is 91.3 Å². The molecule has 0 spiro atoms. The third-order valence-corrected chi connectivity index (χ3v) is 12.3. The standard InChI is InChI=1S/C54H39N6.Pt/c1-34-29-35(2)52(36(3)30-34)58-33-57(47-23-12-13-24-48(47)58)39-17-14-18-40(32-39)60-50-31-37(54-55-44-20-9-11-22-46(44)56(54)4)25-26-41(50)42-27-28-49-51(53(42)60)43-19-8-10-21-45(43)59(49)38-15-6-5-7-16-38;/h5-30,33H,1-4H3;/q-3;. The van der Waals surface area contributed by atoms with E-state index in [0.717, 1.165) is 83.7 Å². The molecule has 0 N–H and O–H groups in total. The first-order valence-electron chi connectivity index (χ1n) is 20.5. The van der Waals surface area contributed by atoms with Gasteiger partial charge < -0.3 is 23.5 Å². The molecule has 4 heterocycles. The molecule has 12 rings (SSSR count). The molecule has 6 nitrogen and oxygen atoms in total. The first-order chi connectivity index (χ1) is 29.4. The van der Waals surface area contributed by atoms with Crippen LogP contribution in [0.5, 0.6) is 0 Å². The quantitative estimate of drug-likeness (QED) is 0.161. The predicted octanol–water partition coefficient (Wildman–Crippen LogP) is 13.4. The Bertz CT molecular complexity index is 3510. The van der Waals surface area contributed by atoms with Crippen molar-refractivity contribution in [3.8, 4) is 22.8 Å². The minimum absolute atomic E-state index is 0. The molecule has 0 atom stereocenters. The maximum absolute atomic E-state index is 5.11. The van der Waals surface area contributed by atoms with E-state index in [9.17, 15) is 0 Å². The van der Waals surface area contributed by atoms with Crippen molar-refractivity contribution in [2.45, 2.75) is 20.8 Å². The molecule has 7 heteroatoms. The minimum atomic E-state index is 0. The molecule has 298 valence electrons. The van der Waals surface area contributed by atoms with Gasteiger partial charge in [0, 0.05) is 61.6 Å². The Hall–Kier alpha value is -6.88. The molecule has 8 aromatic carbocycles. The first-order valence-corrected chi connectivity index (χ1v) is 20.5. The number of aryl methyl sites for hydroxylation is 4. The summed E-state index contributed by atoms with van der Waals surface area (Å²) in [4.78, 5) is 9.71. The molecule has 1 aliphatic rings. The molecule has 0 bridgehead atoms. The molecule has 0 unspecified atom stereocenters. The van der Waals surface area contributed by atoms with E-state index in [1.54, 1.807) is 0 Å². The second-order valence-electron chi connectivity index (χ2n) is 16.0. The van der Waals surface area contributed by atoms with Crippen LogP contribution in [0.4, 0.5) is 22.7 Å². The van der Waals surface area contributed by atoms with E-state index in [0.29, 0.717) is 0 Å². The number of para-hydroxylation sites is 6. The van der Waals surface area contributed by atoms with Gasteiger partial charge in [0.2, 0.25) is 0 Å². The van der Waals surface area contributed by atoms with Gasteiger partial charge in [-0.25, -0.2) is 0 Å². The van der Waals surface area contributed by atoms with Crippen LogP contribution in [0, 0.1) is 39.6 Å². The van der Waals surface area contributed by atoms with Gasteiger partial charge in [-0.1, -0.05) is 95.5 Å². The monoisotopic (exact) mass is 966 g/mol. The van der Waals surface area contributed by atoms with Crippen LogP contribution in [0.1, 0.15) is 16.7 Å². The number of hydrogen-bond acceptors (Lipinski definition) is 3. The summed E-state index contributed by atoms with van der Waals surface area (Å²) in [5.74, 6) is 0.878. The maximum atomic E-state index is 5.11. The number of imidazole rings is 1. The molecule has 0 saturated carbocycles. The normalized spacial score (nSPS) is 12.7. The van der Waals surface area contributed by atoms with Gasteiger partial charge in [-0.2, -0.15) is 6.07 Å². The van der Waals surface area contributed by atoms with Crippen molar-refractivity contribution >= 4 is 77.4 Å². The van der Waals surface area contributed by atoms with E-state index in [-0.39, 0.29) is 21.1 Å². The second kappa shape index (κ2) is 14.1. The number of benzene rings is 8. The van der Waals surface area contributed by atoms with Gasteiger partial charge >= 0.3 is 0 Å². The molecule has 0 fully saturated rings. The summed E-state index contributed by atoms with van der Waals surface area (Å²) in [6.07, 6.45) is 0. The van der Waals surface area contributed by atoms with E-state index in [1.807, 2.05) is 6.07 Å². The summed E-state index contributed by atoms with van der Waals surface area (Å²) < 4.78 is 6.95. The molecule has 0 amide bonds. The fourth-order valence-electron chi connectivity index (χ4n) is 9.84. The predicted molar refractivity (Wildman–Crippen MR) is 248 cm³/mol. The van der Waals surface area contributed by atoms with Crippen LogP contribution >= 0.6 is 0 Å². The second-order valence-corrected chi connectivity index (χ2v) is 16.0. The van der Waals surface area contributed by atoms with Crippen molar-refractivity contribution in [2.75, 3.05) is 9.80 Å². The van der Waals surface area contributed by atoms with Crippen molar-refractivity contribution in [1.82, 2.24) is 18.7 Å². The van der Waals surface area contributed by atoms with E-state index in [2.05, 4.69) is 222 Å². The van der Waals surface area contributed by atoms with Gasteiger partial charge in [-0.15, -0.1) is 54.3 Å². The van der Waals surface area contributed by atoms with E-state index in [1.165, 1.54) is 33.2 Å². The minimum Gasteiger partial charge on any atom is -0.493 e. The van der Waals surface area contributed by atoms with E-state index in [4.69, 9.17) is 4.98 Å². The first kappa shape index (κ1) is 37.1. The molecular weight excluding hydrogens is 928 g/mol. The summed E-state index contributed by atoms with van der Waals surface area (Å²) in [6.45, 7) is 8.80. The molecule has 0 radical (unpaired) electrons. The molecule has 3 aromatic heterocycles. The number of fused-ring (bicyclic) bond motifs is 9. The number of hydrogen-bond donors (Lipinski definition) is 0. The van der Waals surface area contributed by atoms with Crippen LogP contribution in [-0.4, -0.2) is 18.7 Å². The van der Waals surface area contributed by atoms with E-state index < -0.39 is 0 Å². The van der Waals surface area contributed by atoms with Crippen molar-refractivity contribution < 1.29 is 21.1 Å². The Kier molecular flexibility index (Phi) is 8.59. The molecule has 1 aliphatic heterocycles. The summed E-state index contributed by atoms with van der Waals surface area (Å²) in [5.41, 5.74) is 17.6. The average molecular weight is 967 g/mol. The van der Waals surface area contributed by atoms with Gasteiger partial charge in [0.25, 0.3) is 0 Å². The summed E-state index contributed by atoms with van der Waals surface area (Å²) in [6, 6.07) is 64.3. The Balaban J connectivity index is 0.00000420. The number of nitrogens with zero attached hydrogens (tertiary/aromatic N) is 6. The molecule has 0 aliphatic carbocycles. The van der Waals surface area contributed by atoms with Gasteiger partial charge in [-0.3, -0.25) is 4.98 Å². The van der Waals surface area contributed by atoms with Crippen molar-refractivity contribution in [1.29, 1.82) is 0 Å².